The van der Waals surface area contributed by atoms with Crippen LogP contribution < -0.4 is 10.6 Å². The molecule has 0 unspecified atom stereocenters. The van der Waals surface area contributed by atoms with Gasteiger partial charge >= 0.3 is 5.97 Å². The number of hydrogen-bond donors (Lipinski definition) is 2. The average molecular weight is 306 g/mol. The van der Waals surface area contributed by atoms with Gasteiger partial charge in [0.2, 0.25) is 5.91 Å². The highest BCUT2D eigenvalue weighted by atomic mass is 16.5. The number of carbonyl (C=O) groups is 3. The second-order valence-electron chi connectivity index (χ2n) is 5.43. The van der Waals surface area contributed by atoms with Crippen LogP contribution in [0.3, 0.4) is 0 Å². The van der Waals surface area contributed by atoms with Crippen molar-refractivity contribution in [3.8, 4) is 0 Å². The Morgan fingerprint density at radius 3 is 2.18 bits per heavy atom. The SMILES string of the molecule is CC(=O)Nc1ccc(C(=O)OCC(=O)N[C@H](C)C(C)C)cc1. The summed E-state index contributed by atoms with van der Waals surface area (Å²) in [5.74, 6) is -0.793. The van der Waals surface area contributed by atoms with Gasteiger partial charge in [-0.15, -0.1) is 0 Å². The smallest absolute Gasteiger partial charge is 0.338 e. The number of nitrogens with one attached hydrogen (secondary N) is 2. The maximum absolute atomic E-state index is 11.8. The normalized spacial score (nSPS) is 11.7. The molecule has 0 fully saturated rings. The highest BCUT2D eigenvalue weighted by Crippen LogP contribution is 2.10. The van der Waals surface area contributed by atoms with Crippen LogP contribution in [0.4, 0.5) is 5.69 Å². The second kappa shape index (κ2) is 8.17. The van der Waals surface area contributed by atoms with E-state index < -0.39 is 5.97 Å². The lowest BCUT2D eigenvalue weighted by molar-refractivity contribution is -0.125. The molecule has 120 valence electrons. The third-order valence-corrected chi connectivity index (χ3v) is 3.16. The van der Waals surface area contributed by atoms with Crippen molar-refractivity contribution in [1.82, 2.24) is 5.32 Å². The molecule has 1 aromatic carbocycles. The number of hydrogen-bond acceptors (Lipinski definition) is 4. The minimum Gasteiger partial charge on any atom is -0.452 e. The Kier molecular flexibility index (Phi) is 6.56. The molecule has 0 radical (unpaired) electrons. The van der Waals surface area contributed by atoms with Gasteiger partial charge in [0.15, 0.2) is 6.61 Å². The summed E-state index contributed by atoms with van der Waals surface area (Å²) in [6.07, 6.45) is 0. The fourth-order valence-corrected chi connectivity index (χ4v) is 1.57. The summed E-state index contributed by atoms with van der Waals surface area (Å²) in [5, 5.41) is 5.35. The van der Waals surface area contributed by atoms with Gasteiger partial charge in [0, 0.05) is 18.7 Å². The van der Waals surface area contributed by atoms with Gasteiger partial charge in [-0.2, -0.15) is 0 Å². The molecule has 1 aromatic rings. The van der Waals surface area contributed by atoms with E-state index in [4.69, 9.17) is 4.74 Å². The molecule has 0 aliphatic rings. The highest BCUT2D eigenvalue weighted by molar-refractivity contribution is 5.93. The third-order valence-electron chi connectivity index (χ3n) is 3.16. The molecular weight excluding hydrogens is 284 g/mol. The van der Waals surface area contributed by atoms with Gasteiger partial charge < -0.3 is 15.4 Å². The van der Waals surface area contributed by atoms with Crippen molar-refractivity contribution in [2.24, 2.45) is 5.92 Å². The molecule has 0 saturated heterocycles. The standard InChI is InChI=1S/C16H22N2O4/c1-10(2)11(3)17-15(20)9-22-16(21)13-5-7-14(8-6-13)18-12(4)19/h5-8,10-11H,9H2,1-4H3,(H,17,20)(H,18,19)/t11-/m1/s1. The van der Waals surface area contributed by atoms with Crippen molar-refractivity contribution in [2.45, 2.75) is 33.7 Å². The zero-order chi connectivity index (χ0) is 16.7. The predicted molar refractivity (Wildman–Crippen MR) is 83.5 cm³/mol. The number of esters is 1. The Morgan fingerprint density at radius 2 is 1.68 bits per heavy atom. The molecule has 0 aliphatic heterocycles. The lowest BCUT2D eigenvalue weighted by atomic mass is 10.1. The van der Waals surface area contributed by atoms with Crippen molar-refractivity contribution in [1.29, 1.82) is 0 Å². The Hall–Kier alpha value is -2.37. The van der Waals surface area contributed by atoms with E-state index in [1.54, 1.807) is 12.1 Å². The van der Waals surface area contributed by atoms with Gasteiger partial charge in [0.1, 0.15) is 0 Å². The number of anilines is 1. The van der Waals surface area contributed by atoms with Crippen LogP contribution in [0.1, 0.15) is 38.1 Å². The molecule has 0 aliphatic carbocycles. The van der Waals surface area contributed by atoms with Crippen molar-refractivity contribution in [2.75, 3.05) is 11.9 Å². The van der Waals surface area contributed by atoms with Crippen LogP contribution >= 0.6 is 0 Å². The molecule has 2 N–H and O–H groups in total. The van der Waals surface area contributed by atoms with Crippen molar-refractivity contribution < 1.29 is 19.1 Å². The minimum absolute atomic E-state index is 0.0168. The van der Waals surface area contributed by atoms with Crippen molar-refractivity contribution in [3.05, 3.63) is 29.8 Å². The summed E-state index contributed by atoms with van der Waals surface area (Å²) in [6.45, 7) is 6.97. The first-order valence-corrected chi connectivity index (χ1v) is 7.13. The molecule has 0 spiro atoms. The van der Waals surface area contributed by atoms with E-state index in [1.165, 1.54) is 19.1 Å². The Labute approximate surface area is 130 Å². The summed E-state index contributed by atoms with van der Waals surface area (Å²) in [4.78, 5) is 34.3. The van der Waals surface area contributed by atoms with E-state index in [2.05, 4.69) is 10.6 Å². The highest BCUT2D eigenvalue weighted by Gasteiger charge is 2.13. The summed E-state index contributed by atoms with van der Waals surface area (Å²) >= 11 is 0. The van der Waals surface area contributed by atoms with Gasteiger partial charge in [-0.25, -0.2) is 4.79 Å². The van der Waals surface area contributed by atoms with Gasteiger partial charge in [-0.3, -0.25) is 9.59 Å². The third kappa shape index (κ3) is 5.95. The van der Waals surface area contributed by atoms with E-state index in [-0.39, 0.29) is 24.5 Å². The molecule has 1 atom stereocenters. The number of benzene rings is 1. The molecule has 0 aromatic heterocycles. The van der Waals surface area contributed by atoms with Crippen molar-refractivity contribution in [3.63, 3.8) is 0 Å². The van der Waals surface area contributed by atoms with Crippen LogP contribution in [-0.4, -0.2) is 30.4 Å². The van der Waals surface area contributed by atoms with E-state index in [0.717, 1.165) is 0 Å². The quantitative estimate of drug-likeness (QED) is 0.787. The van der Waals surface area contributed by atoms with Crippen LogP contribution in [0.5, 0.6) is 0 Å². The van der Waals surface area contributed by atoms with Crippen LogP contribution in [0.15, 0.2) is 24.3 Å². The average Bonchev–Trinajstić information content (AvgIpc) is 2.44. The van der Waals surface area contributed by atoms with Crippen LogP contribution in [0, 0.1) is 5.92 Å². The van der Waals surface area contributed by atoms with E-state index >= 15 is 0 Å². The lowest BCUT2D eigenvalue weighted by Crippen LogP contribution is -2.38. The molecule has 6 heteroatoms. The molecule has 0 heterocycles. The molecule has 2 amide bonds. The van der Waals surface area contributed by atoms with Gasteiger partial charge in [0.05, 0.1) is 5.56 Å². The topological polar surface area (TPSA) is 84.5 Å². The summed E-state index contributed by atoms with van der Waals surface area (Å²) in [7, 11) is 0. The second-order valence-corrected chi connectivity index (χ2v) is 5.43. The summed E-state index contributed by atoms with van der Waals surface area (Å²) < 4.78 is 4.95. The molecular formula is C16H22N2O4. The molecule has 1 rings (SSSR count). The Morgan fingerprint density at radius 1 is 1.09 bits per heavy atom. The molecule has 22 heavy (non-hydrogen) atoms. The largest absolute Gasteiger partial charge is 0.452 e. The molecule has 6 nitrogen and oxygen atoms in total. The monoisotopic (exact) mass is 306 g/mol. The van der Waals surface area contributed by atoms with Gasteiger partial charge in [0.25, 0.3) is 5.91 Å². The van der Waals surface area contributed by atoms with Crippen LogP contribution in [0.25, 0.3) is 0 Å². The van der Waals surface area contributed by atoms with Gasteiger partial charge in [-0.1, -0.05) is 13.8 Å². The van der Waals surface area contributed by atoms with Crippen LogP contribution in [0.2, 0.25) is 0 Å². The predicted octanol–water partition coefficient (Wildman–Crippen LogP) is 1.96. The molecule has 0 bridgehead atoms. The van der Waals surface area contributed by atoms with E-state index in [9.17, 15) is 14.4 Å². The van der Waals surface area contributed by atoms with Crippen LogP contribution in [-0.2, 0) is 14.3 Å². The van der Waals surface area contributed by atoms with E-state index in [1.807, 2.05) is 20.8 Å². The Balaban J connectivity index is 2.48. The lowest BCUT2D eigenvalue weighted by Gasteiger charge is -2.17. The first kappa shape index (κ1) is 17.7. The maximum Gasteiger partial charge on any atom is 0.338 e. The van der Waals surface area contributed by atoms with E-state index in [0.29, 0.717) is 17.2 Å². The number of carbonyl (C=O) groups excluding carboxylic acids is 3. The first-order chi connectivity index (χ1) is 10.3. The number of rotatable bonds is 6. The number of ether oxygens (including phenoxy) is 1. The van der Waals surface area contributed by atoms with Gasteiger partial charge in [-0.05, 0) is 37.1 Å². The molecule has 0 saturated carbocycles. The first-order valence-electron chi connectivity index (χ1n) is 7.13. The fraction of sp³-hybridized carbons (Fsp3) is 0.438. The van der Waals surface area contributed by atoms with Crippen molar-refractivity contribution >= 4 is 23.5 Å². The minimum atomic E-state index is -0.582. The number of amides is 2. The maximum atomic E-state index is 11.8. The fourth-order valence-electron chi connectivity index (χ4n) is 1.57. The zero-order valence-corrected chi connectivity index (χ0v) is 13.3. The summed E-state index contributed by atoms with van der Waals surface area (Å²) in [5.41, 5.74) is 0.909. The Bertz CT molecular complexity index is 538. The summed E-state index contributed by atoms with van der Waals surface area (Å²) in [6, 6.07) is 6.27. The zero-order valence-electron chi connectivity index (χ0n) is 13.3.